The fraction of sp³-hybridized carbons (Fsp3) is 0.267. The van der Waals surface area contributed by atoms with Gasteiger partial charge in [-0.1, -0.05) is 18.2 Å². The summed E-state index contributed by atoms with van der Waals surface area (Å²) in [5, 5.41) is 3.42. The first kappa shape index (κ1) is 12.7. The minimum atomic E-state index is -0.193. The van der Waals surface area contributed by atoms with E-state index in [0.29, 0.717) is 0 Å². The van der Waals surface area contributed by atoms with Crippen LogP contribution in [0.1, 0.15) is 24.1 Å². The van der Waals surface area contributed by atoms with E-state index in [9.17, 15) is 4.39 Å². The first-order valence-electron chi connectivity index (χ1n) is 6.13. The number of hydrogen-bond donors (Lipinski definition) is 1. The van der Waals surface area contributed by atoms with Crippen molar-refractivity contribution in [2.75, 3.05) is 6.54 Å². The lowest BCUT2D eigenvalue weighted by atomic mass is 10.1. The van der Waals surface area contributed by atoms with Gasteiger partial charge in [-0.15, -0.1) is 0 Å². The van der Waals surface area contributed by atoms with Gasteiger partial charge in [0.25, 0.3) is 0 Å². The van der Waals surface area contributed by atoms with Crippen LogP contribution in [0.4, 0.5) is 4.39 Å². The second-order valence-corrected chi connectivity index (χ2v) is 4.34. The van der Waals surface area contributed by atoms with E-state index in [1.54, 1.807) is 6.20 Å². The van der Waals surface area contributed by atoms with Gasteiger partial charge in [-0.25, -0.2) is 4.39 Å². The lowest BCUT2D eigenvalue weighted by Gasteiger charge is -2.14. The monoisotopic (exact) mass is 244 g/mol. The van der Waals surface area contributed by atoms with Crippen molar-refractivity contribution in [3.63, 3.8) is 0 Å². The van der Waals surface area contributed by atoms with Crippen molar-refractivity contribution in [3.8, 4) is 0 Å². The summed E-state index contributed by atoms with van der Waals surface area (Å²) in [5.41, 5.74) is 2.32. The SMILES string of the molecule is C[C@@H](NCCc1cccnc1)c1ccc(F)cc1. The molecule has 1 atom stereocenters. The van der Waals surface area contributed by atoms with E-state index in [-0.39, 0.29) is 11.9 Å². The summed E-state index contributed by atoms with van der Waals surface area (Å²) >= 11 is 0. The molecule has 3 heteroatoms. The molecule has 0 bridgehead atoms. The van der Waals surface area contributed by atoms with Crippen LogP contribution in [0.5, 0.6) is 0 Å². The van der Waals surface area contributed by atoms with Crippen molar-refractivity contribution in [3.05, 3.63) is 65.7 Å². The Hall–Kier alpha value is -1.74. The van der Waals surface area contributed by atoms with Gasteiger partial charge < -0.3 is 5.32 Å². The Labute approximate surface area is 107 Å². The second-order valence-electron chi connectivity index (χ2n) is 4.34. The number of pyridine rings is 1. The van der Waals surface area contributed by atoms with E-state index >= 15 is 0 Å². The van der Waals surface area contributed by atoms with Gasteiger partial charge in [0, 0.05) is 18.4 Å². The van der Waals surface area contributed by atoms with Crippen LogP contribution in [-0.4, -0.2) is 11.5 Å². The van der Waals surface area contributed by atoms with Gasteiger partial charge in [0.15, 0.2) is 0 Å². The zero-order chi connectivity index (χ0) is 12.8. The molecule has 94 valence electrons. The molecule has 0 radical (unpaired) electrons. The fourth-order valence-electron chi connectivity index (χ4n) is 1.85. The Morgan fingerprint density at radius 1 is 1.22 bits per heavy atom. The molecule has 1 aromatic carbocycles. The van der Waals surface area contributed by atoms with Crippen LogP contribution in [0.3, 0.4) is 0 Å². The highest BCUT2D eigenvalue weighted by Crippen LogP contribution is 2.12. The molecular formula is C15H17FN2. The summed E-state index contributed by atoms with van der Waals surface area (Å²) in [5.74, 6) is -0.193. The zero-order valence-electron chi connectivity index (χ0n) is 10.4. The van der Waals surface area contributed by atoms with Crippen LogP contribution in [0.2, 0.25) is 0 Å². The van der Waals surface area contributed by atoms with Crippen molar-refractivity contribution >= 4 is 0 Å². The predicted molar refractivity (Wildman–Crippen MR) is 70.8 cm³/mol. The van der Waals surface area contributed by atoms with Crippen LogP contribution in [-0.2, 0) is 6.42 Å². The van der Waals surface area contributed by atoms with Crippen molar-refractivity contribution in [1.82, 2.24) is 10.3 Å². The molecule has 2 aromatic rings. The highest BCUT2D eigenvalue weighted by Gasteiger charge is 2.04. The van der Waals surface area contributed by atoms with Crippen molar-refractivity contribution in [2.24, 2.45) is 0 Å². The van der Waals surface area contributed by atoms with E-state index in [1.165, 1.54) is 17.7 Å². The average molecular weight is 244 g/mol. The molecule has 0 amide bonds. The molecule has 1 N–H and O–H groups in total. The number of hydrogen-bond acceptors (Lipinski definition) is 2. The van der Waals surface area contributed by atoms with Crippen LogP contribution in [0.25, 0.3) is 0 Å². The first-order chi connectivity index (χ1) is 8.75. The van der Waals surface area contributed by atoms with Gasteiger partial charge in [0.1, 0.15) is 5.82 Å². The molecule has 0 aliphatic heterocycles. The minimum absolute atomic E-state index is 0.193. The summed E-state index contributed by atoms with van der Waals surface area (Å²) in [6.45, 7) is 2.96. The molecule has 0 fully saturated rings. The molecule has 0 saturated carbocycles. The highest BCUT2D eigenvalue weighted by atomic mass is 19.1. The van der Waals surface area contributed by atoms with Crippen LogP contribution >= 0.6 is 0 Å². The smallest absolute Gasteiger partial charge is 0.123 e. The molecule has 1 aromatic heterocycles. The normalized spacial score (nSPS) is 12.3. The maximum absolute atomic E-state index is 12.8. The van der Waals surface area contributed by atoms with Crippen molar-refractivity contribution in [2.45, 2.75) is 19.4 Å². The summed E-state index contributed by atoms with van der Waals surface area (Å²) in [6, 6.07) is 10.9. The third-order valence-corrected chi connectivity index (χ3v) is 2.96. The first-order valence-corrected chi connectivity index (χ1v) is 6.13. The molecule has 18 heavy (non-hydrogen) atoms. The van der Waals surface area contributed by atoms with Crippen molar-refractivity contribution in [1.29, 1.82) is 0 Å². The summed E-state index contributed by atoms with van der Waals surface area (Å²) in [6.07, 6.45) is 4.60. The molecule has 2 rings (SSSR count). The molecule has 0 aliphatic rings. The van der Waals surface area contributed by atoms with Crippen LogP contribution in [0, 0.1) is 5.82 Å². The second kappa shape index (κ2) is 6.26. The highest BCUT2D eigenvalue weighted by molar-refractivity contribution is 5.19. The van der Waals surface area contributed by atoms with Gasteiger partial charge >= 0.3 is 0 Å². The molecular weight excluding hydrogens is 227 g/mol. The third-order valence-electron chi connectivity index (χ3n) is 2.96. The third kappa shape index (κ3) is 3.64. The van der Waals surface area contributed by atoms with Gasteiger partial charge in [0.2, 0.25) is 0 Å². The number of aromatic nitrogens is 1. The summed E-state index contributed by atoms with van der Waals surface area (Å²) in [7, 11) is 0. The standard InChI is InChI=1S/C15H17FN2/c1-12(14-4-6-15(16)7-5-14)18-10-8-13-3-2-9-17-11-13/h2-7,9,11-12,18H,8,10H2,1H3/t12-/m1/s1. The minimum Gasteiger partial charge on any atom is -0.310 e. The Morgan fingerprint density at radius 2 is 2.00 bits per heavy atom. The maximum atomic E-state index is 12.8. The number of nitrogens with zero attached hydrogens (tertiary/aromatic N) is 1. The number of benzene rings is 1. The van der Waals surface area contributed by atoms with Gasteiger partial charge in [-0.2, -0.15) is 0 Å². The number of nitrogens with one attached hydrogen (secondary N) is 1. The Morgan fingerprint density at radius 3 is 2.67 bits per heavy atom. The molecule has 0 spiro atoms. The van der Waals surface area contributed by atoms with Crippen molar-refractivity contribution < 1.29 is 4.39 Å². The molecule has 0 unspecified atom stereocenters. The van der Waals surface area contributed by atoms with Gasteiger partial charge in [-0.3, -0.25) is 4.98 Å². The number of halogens is 1. The van der Waals surface area contributed by atoms with Gasteiger partial charge in [-0.05, 0) is 49.2 Å². The Balaban J connectivity index is 1.81. The molecule has 0 aliphatic carbocycles. The zero-order valence-corrected chi connectivity index (χ0v) is 10.4. The van der Waals surface area contributed by atoms with E-state index in [0.717, 1.165) is 18.5 Å². The summed E-state index contributed by atoms with van der Waals surface area (Å²) in [4.78, 5) is 4.08. The predicted octanol–water partition coefficient (Wildman–Crippen LogP) is 3.11. The maximum Gasteiger partial charge on any atom is 0.123 e. The van der Waals surface area contributed by atoms with Crippen LogP contribution in [0.15, 0.2) is 48.8 Å². The van der Waals surface area contributed by atoms with E-state index in [4.69, 9.17) is 0 Å². The quantitative estimate of drug-likeness (QED) is 0.874. The Bertz CT molecular complexity index is 468. The molecule has 2 nitrogen and oxygen atoms in total. The molecule has 0 saturated heterocycles. The topological polar surface area (TPSA) is 24.9 Å². The molecule has 1 heterocycles. The van der Waals surface area contributed by atoms with E-state index < -0.39 is 0 Å². The van der Waals surface area contributed by atoms with E-state index in [1.807, 2.05) is 24.4 Å². The Kier molecular flexibility index (Phi) is 4.42. The number of rotatable bonds is 5. The lowest BCUT2D eigenvalue weighted by molar-refractivity contribution is 0.573. The average Bonchev–Trinajstić information content (AvgIpc) is 2.40. The van der Waals surface area contributed by atoms with E-state index in [2.05, 4.69) is 23.3 Å². The van der Waals surface area contributed by atoms with Crippen LogP contribution < -0.4 is 5.32 Å². The lowest BCUT2D eigenvalue weighted by Crippen LogP contribution is -2.21. The fourth-order valence-corrected chi connectivity index (χ4v) is 1.85. The van der Waals surface area contributed by atoms with Gasteiger partial charge in [0.05, 0.1) is 0 Å². The summed E-state index contributed by atoms with van der Waals surface area (Å²) < 4.78 is 12.8. The largest absolute Gasteiger partial charge is 0.310 e.